The first-order valence-corrected chi connectivity index (χ1v) is 2.45. The van der Waals surface area contributed by atoms with Gasteiger partial charge in [-0.3, -0.25) is 0 Å². The van der Waals surface area contributed by atoms with Gasteiger partial charge in [0.1, 0.15) is 0 Å². The van der Waals surface area contributed by atoms with Gasteiger partial charge in [-0.2, -0.15) is 0 Å². The Balaban J connectivity index is 2.44. The van der Waals surface area contributed by atoms with Crippen LogP contribution in [0.3, 0.4) is 0 Å². The van der Waals surface area contributed by atoms with Gasteiger partial charge >= 0.3 is 5.97 Å². The number of carbonyl (C=O) groups is 1. The summed E-state index contributed by atoms with van der Waals surface area (Å²) in [5, 5.41) is 8.25. The highest BCUT2D eigenvalue weighted by Crippen LogP contribution is 2.01. The predicted octanol–water partition coefficient (Wildman–Crippen LogP) is -0.0424. The maximum atomic E-state index is 10.1. The van der Waals surface area contributed by atoms with Gasteiger partial charge in [0, 0.05) is 0 Å². The first-order chi connectivity index (χ1) is 4.30. The van der Waals surface area contributed by atoms with Crippen LogP contribution >= 0.6 is 0 Å². The lowest BCUT2D eigenvalue weighted by atomic mass is 10.5. The first-order valence-electron chi connectivity index (χ1n) is 2.45. The topological polar surface area (TPSA) is 55.8 Å². The smallest absolute Gasteiger partial charge is 0.373 e. The lowest BCUT2D eigenvalue weighted by Gasteiger charge is -2.14. The van der Waals surface area contributed by atoms with Gasteiger partial charge in [0.2, 0.25) is 0 Å². The molecule has 1 N–H and O–H groups in total. The van der Waals surface area contributed by atoms with Crippen molar-refractivity contribution in [2.45, 2.75) is 6.29 Å². The van der Waals surface area contributed by atoms with Crippen LogP contribution in [0.1, 0.15) is 0 Å². The van der Waals surface area contributed by atoms with Crippen molar-refractivity contribution < 1.29 is 19.4 Å². The highest BCUT2D eigenvalue weighted by molar-refractivity contribution is 5.70. The Morgan fingerprint density at radius 2 is 2.56 bits per heavy atom. The minimum Gasteiger partial charge on any atom is -0.477 e. The van der Waals surface area contributed by atoms with E-state index >= 15 is 0 Å². The molecule has 0 amide bonds. The van der Waals surface area contributed by atoms with Gasteiger partial charge < -0.3 is 14.6 Å². The second-order valence-corrected chi connectivity index (χ2v) is 1.51. The molecule has 0 aliphatic carbocycles. The zero-order valence-corrected chi connectivity index (χ0v) is 4.61. The van der Waals surface area contributed by atoms with E-state index in [1.807, 2.05) is 0 Å². The van der Waals surface area contributed by atoms with Crippen LogP contribution in [-0.2, 0) is 14.3 Å². The molecule has 0 aromatic heterocycles. The summed E-state index contributed by atoms with van der Waals surface area (Å²) in [4.78, 5) is 10.1. The minimum atomic E-state index is -1.12. The molecule has 4 heteroatoms. The molecule has 1 rings (SSSR count). The Labute approximate surface area is 51.7 Å². The van der Waals surface area contributed by atoms with Crippen LogP contribution in [0.5, 0.6) is 0 Å². The molecule has 0 fully saturated rings. The van der Waals surface area contributed by atoms with Gasteiger partial charge in [0.15, 0.2) is 0 Å². The van der Waals surface area contributed by atoms with Crippen molar-refractivity contribution >= 4 is 5.97 Å². The van der Waals surface area contributed by atoms with E-state index in [0.717, 1.165) is 0 Å². The Bertz CT molecular complexity index is 140. The van der Waals surface area contributed by atoms with Crippen molar-refractivity contribution in [3.63, 3.8) is 0 Å². The van der Waals surface area contributed by atoms with Crippen LogP contribution in [0, 0.1) is 0 Å². The average molecular weight is 130 g/mol. The summed E-state index contributed by atoms with van der Waals surface area (Å²) in [5.41, 5.74) is 0. The van der Waals surface area contributed by atoms with E-state index in [9.17, 15) is 4.79 Å². The highest BCUT2D eigenvalue weighted by atomic mass is 16.7. The number of rotatable bonds is 1. The van der Waals surface area contributed by atoms with Crippen LogP contribution < -0.4 is 0 Å². The summed E-state index contributed by atoms with van der Waals surface area (Å²) in [5.74, 6) is -1.10. The van der Waals surface area contributed by atoms with E-state index in [1.54, 1.807) is 6.08 Å². The molecule has 1 aliphatic heterocycles. The van der Waals surface area contributed by atoms with Gasteiger partial charge in [0.05, 0.1) is 12.9 Å². The Hall–Kier alpha value is -1.03. The van der Waals surface area contributed by atoms with Gasteiger partial charge in [-0.05, 0) is 6.08 Å². The predicted molar refractivity (Wildman–Crippen MR) is 27.6 cm³/mol. The monoisotopic (exact) mass is 130 g/mol. The zero-order chi connectivity index (χ0) is 6.69. The summed E-state index contributed by atoms with van der Waals surface area (Å²) < 4.78 is 9.17. The summed E-state index contributed by atoms with van der Waals surface area (Å²) in [6, 6.07) is 0. The fraction of sp³-hybridized carbons (Fsp3) is 0.400. The fourth-order valence-electron chi connectivity index (χ4n) is 0.478. The zero-order valence-electron chi connectivity index (χ0n) is 4.61. The van der Waals surface area contributed by atoms with Gasteiger partial charge in [-0.1, -0.05) is 0 Å². The SMILES string of the molecule is O=C(O)C1OC=CCO1. The van der Waals surface area contributed by atoms with Crippen molar-refractivity contribution in [2.24, 2.45) is 0 Å². The minimum absolute atomic E-state index is 0.303. The van der Waals surface area contributed by atoms with Crippen LogP contribution in [0.25, 0.3) is 0 Å². The number of aliphatic carboxylic acids is 1. The van der Waals surface area contributed by atoms with Crippen LogP contribution in [0.15, 0.2) is 12.3 Å². The maximum Gasteiger partial charge on any atom is 0.373 e. The van der Waals surface area contributed by atoms with Crippen molar-refractivity contribution in [3.05, 3.63) is 12.3 Å². The molecule has 0 spiro atoms. The van der Waals surface area contributed by atoms with E-state index in [1.165, 1.54) is 6.26 Å². The molecule has 1 atom stereocenters. The van der Waals surface area contributed by atoms with E-state index in [2.05, 4.69) is 9.47 Å². The lowest BCUT2D eigenvalue weighted by molar-refractivity contribution is -0.179. The second kappa shape index (κ2) is 2.50. The van der Waals surface area contributed by atoms with Crippen molar-refractivity contribution in [3.8, 4) is 0 Å². The molecule has 0 bridgehead atoms. The molecule has 9 heavy (non-hydrogen) atoms. The molecule has 50 valence electrons. The third-order valence-electron chi connectivity index (χ3n) is 0.844. The molecule has 0 radical (unpaired) electrons. The molecule has 1 aliphatic rings. The lowest BCUT2D eigenvalue weighted by Crippen LogP contribution is -2.27. The summed E-state index contributed by atoms with van der Waals surface area (Å²) in [6.45, 7) is 0.303. The first kappa shape index (κ1) is 6.10. The standard InChI is InChI=1S/C5H6O4/c6-4(7)5-8-2-1-3-9-5/h1-2,5H,3H2,(H,6,7). The number of carboxylic acids is 1. The molecule has 0 saturated carbocycles. The van der Waals surface area contributed by atoms with Crippen LogP contribution in [0.4, 0.5) is 0 Å². The molecule has 1 unspecified atom stereocenters. The average Bonchev–Trinajstić information content (AvgIpc) is 1.90. The highest BCUT2D eigenvalue weighted by Gasteiger charge is 2.19. The number of carboxylic acid groups (broad SMARTS) is 1. The van der Waals surface area contributed by atoms with E-state index in [-0.39, 0.29) is 0 Å². The molecule has 1 heterocycles. The number of ether oxygens (including phenoxy) is 2. The molecule has 0 aromatic carbocycles. The van der Waals surface area contributed by atoms with E-state index in [0.29, 0.717) is 6.61 Å². The Kier molecular flexibility index (Phi) is 1.69. The van der Waals surface area contributed by atoms with Crippen molar-refractivity contribution in [1.29, 1.82) is 0 Å². The Morgan fingerprint density at radius 3 is 2.89 bits per heavy atom. The normalized spacial score (nSPS) is 25.1. The third-order valence-corrected chi connectivity index (χ3v) is 0.844. The quantitative estimate of drug-likeness (QED) is 0.541. The number of hydrogen-bond acceptors (Lipinski definition) is 3. The second-order valence-electron chi connectivity index (χ2n) is 1.51. The fourth-order valence-corrected chi connectivity index (χ4v) is 0.478. The van der Waals surface area contributed by atoms with Crippen molar-refractivity contribution in [2.75, 3.05) is 6.61 Å². The Morgan fingerprint density at radius 1 is 1.78 bits per heavy atom. The largest absolute Gasteiger partial charge is 0.477 e. The molecule has 0 saturated heterocycles. The third kappa shape index (κ3) is 1.43. The van der Waals surface area contributed by atoms with E-state index < -0.39 is 12.3 Å². The molecular formula is C5H6O4. The van der Waals surface area contributed by atoms with Gasteiger partial charge in [0.25, 0.3) is 6.29 Å². The summed E-state index contributed by atoms with van der Waals surface area (Å²) in [6.07, 6.45) is 1.80. The van der Waals surface area contributed by atoms with E-state index in [4.69, 9.17) is 5.11 Å². The maximum absolute atomic E-state index is 10.1. The number of hydrogen-bond donors (Lipinski definition) is 1. The van der Waals surface area contributed by atoms with Crippen LogP contribution in [-0.4, -0.2) is 24.0 Å². The molecular weight excluding hydrogens is 124 g/mol. The van der Waals surface area contributed by atoms with Crippen molar-refractivity contribution in [1.82, 2.24) is 0 Å². The molecule has 0 aromatic rings. The summed E-state index contributed by atoms with van der Waals surface area (Å²) in [7, 11) is 0. The summed E-state index contributed by atoms with van der Waals surface area (Å²) >= 11 is 0. The van der Waals surface area contributed by atoms with Gasteiger partial charge in [-0.15, -0.1) is 0 Å². The van der Waals surface area contributed by atoms with Crippen LogP contribution in [0.2, 0.25) is 0 Å². The molecule has 4 nitrogen and oxygen atoms in total. The van der Waals surface area contributed by atoms with Gasteiger partial charge in [-0.25, -0.2) is 4.79 Å².